The van der Waals surface area contributed by atoms with Gasteiger partial charge < -0.3 is 4.90 Å². The molecule has 0 spiro atoms. The fraction of sp³-hybridized carbons (Fsp3) is 0.444. The summed E-state index contributed by atoms with van der Waals surface area (Å²) in [5.41, 5.74) is 1.40. The van der Waals surface area contributed by atoms with E-state index in [0.717, 1.165) is 37.5 Å². The highest BCUT2D eigenvalue weighted by Gasteiger charge is 2.20. The van der Waals surface area contributed by atoms with Gasteiger partial charge in [0.2, 0.25) is 5.91 Å². The second kappa shape index (κ2) is 7.21. The molecule has 1 fully saturated rings. The van der Waals surface area contributed by atoms with E-state index in [9.17, 15) is 9.18 Å². The number of likely N-dealkylation sites (tertiary alicyclic amines) is 1. The minimum Gasteiger partial charge on any atom is -0.343 e. The van der Waals surface area contributed by atoms with Crippen LogP contribution >= 0.6 is 11.3 Å². The number of halogens is 1. The van der Waals surface area contributed by atoms with Crippen molar-refractivity contribution in [3.8, 4) is 10.6 Å². The number of amides is 1. The maximum absolute atomic E-state index is 13.8. The monoisotopic (exact) mass is 332 g/mol. The van der Waals surface area contributed by atoms with Crippen molar-refractivity contribution in [1.82, 2.24) is 9.88 Å². The molecule has 0 unspecified atom stereocenters. The lowest BCUT2D eigenvalue weighted by molar-refractivity contribution is -0.132. The van der Waals surface area contributed by atoms with E-state index < -0.39 is 0 Å². The second-order valence-electron chi connectivity index (χ2n) is 6.19. The van der Waals surface area contributed by atoms with Crippen LogP contribution in [0.2, 0.25) is 0 Å². The molecule has 1 aliphatic rings. The zero-order valence-corrected chi connectivity index (χ0v) is 14.1. The van der Waals surface area contributed by atoms with Crippen LogP contribution in [-0.4, -0.2) is 28.9 Å². The number of hydrogen-bond donors (Lipinski definition) is 0. The number of carbonyl (C=O) groups excluding carboxylic acids is 1. The molecule has 0 saturated carbocycles. The molecule has 0 radical (unpaired) electrons. The van der Waals surface area contributed by atoms with Crippen LogP contribution in [0.3, 0.4) is 0 Å². The molecule has 23 heavy (non-hydrogen) atoms. The standard InChI is InChI=1S/C18H21FN2OS/c1-13-8-10-21(11-9-13)17(22)7-6-14-12-23-18(20-14)15-4-2-3-5-16(15)19/h2-5,12-13H,6-11H2,1H3. The number of aromatic nitrogens is 1. The average molecular weight is 332 g/mol. The summed E-state index contributed by atoms with van der Waals surface area (Å²) in [6.45, 7) is 3.98. The van der Waals surface area contributed by atoms with Gasteiger partial charge in [-0.25, -0.2) is 9.37 Å². The number of piperidine rings is 1. The Hall–Kier alpha value is -1.75. The summed E-state index contributed by atoms with van der Waals surface area (Å²) >= 11 is 1.43. The van der Waals surface area contributed by atoms with Crippen molar-refractivity contribution in [3.63, 3.8) is 0 Å². The second-order valence-corrected chi connectivity index (χ2v) is 7.05. The van der Waals surface area contributed by atoms with Crippen LogP contribution in [0.4, 0.5) is 4.39 Å². The van der Waals surface area contributed by atoms with Crippen molar-refractivity contribution in [2.45, 2.75) is 32.6 Å². The van der Waals surface area contributed by atoms with E-state index >= 15 is 0 Å². The lowest BCUT2D eigenvalue weighted by Gasteiger charge is -2.30. The number of hydrogen-bond acceptors (Lipinski definition) is 3. The number of rotatable bonds is 4. The highest BCUT2D eigenvalue weighted by Crippen LogP contribution is 2.26. The van der Waals surface area contributed by atoms with Crippen LogP contribution < -0.4 is 0 Å². The van der Waals surface area contributed by atoms with Gasteiger partial charge in [-0.05, 0) is 37.3 Å². The van der Waals surface area contributed by atoms with Crippen molar-refractivity contribution in [3.05, 3.63) is 41.2 Å². The molecule has 0 aliphatic carbocycles. The van der Waals surface area contributed by atoms with Gasteiger partial charge in [0.1, 0.15) is 10.8 Å². The minimum absolute atomic E-state index is 0.206. The third-order valence-corrected chi connectivity index (χ3v) is 5.31. The van der Waals surface area contributed by atoms with Crippen LogP contribution in [-0.2, 0) is 11.2 Å². The number of carbonyl (C=O) groups is 1. The predicted molar refractivity (Wildman–Crippen MR) is 90.8 cm³/mol. The summed E-state index contributed by atoms with van der Waals surface area (Å²) in [7, 11) is 0. The molecule has 3 rings (SSSR count). The molecule has 1 aromatic carbocycles. The summed E-state index contributed by atoms with van der Waals surface area (Å²) in [5.74, 6) is 0.671. The summed E-state index contributed by atoms with van der Waals surface area (Å²) in [4.78, 5) is 18.7. The highest BCUT2D eigenvalue weighted by atomic mass is 32.1. The number of nitrogens with zero attached hydrogens (tertiary/aromatic N) is 2. The Bertz CT molecular complexity index is 677. The zero-order valence-electron chi connectivity index (χ0n) is 13.3. The molecule has 122 valence electrons. The molecule has 0 N–H and O–H groups in total. The molecule has 5 heteroatoms. The van der Waals surface area contributed by atoms with Gasteiger partial charge in [-0.15, -0.1) is 11.3 Å². The molecule has 2 heterocycles. The number of aryl methyl sites for hydroxylation is 1. The van der Waals surface area contributed by atoms with Gasteiger partial charge in [-0.3, -0.25) is 4.79 Å². The van der Waals surface area contributed by atoms with Crippen LogP contribution in [0.15, 0.2) is 29.6 Å². The summed E-state index contributed by atoms with van der Waals surface area (Å²) in [6, 6.07) is 6.65. The Balaban J connectivity index is 1.57. The maximum atomic E-state index is 13.8. The average Bonchev–Trinajstić information content (AvgIpc) is 3.02. The fourth-order valence-corrected chi connectivity index (χ4v) is 3.71. The van der Waals surface area contributed by atoms with E-state index in [1.807, 2.05) is 10.3 Å². The van der Waals surface area contributed by atoms with Gasteiger partial charge in [0.05, 0.1) is 5.69 Å². The lowest BCUT2D eigenvalue weighted by Crippen LogP contribution is -2.38. The Morgan fingerprint density at radius 2 is 2.09 bits per heavy atom. The number of thiazole rings is 1. The topological polar surface area (TPSA) is 33.2 Å². The van der Waals surface area contributed by atoms with Gasteiger partial charge in [0.15, 0.2) is 0 Å². The summed E-state index contributed by atoms with van der Waals surface area (Å²) < 4.78 is 13.8. The minimum atomic E-state index is -0.257. The van der Waals surface area contributed by atoms with Crippen molar-refractivity contribution >= 4 is 17.2 Å². The number of benzene rings is 1. The first kappa shape index (κ1) is 16.1. The van der Waals surface area contributed by atoms with Crippen LogP contribution in [0, 0.1) is 11.7 Å². The Labute approximate surface area is 140 Å². The normalized spacial score (nSPS) is 15.8. The van der Waals surface area contributed by atoms with Crippen molar-refractivity contribution < 1.29 is 9.18 Å². The largest absolute Gasteiger partial charge is 0.343 e. The Morgan fingerprint density at radius 3 is 2.83 bits per heavy atom. The van der Waals surface area contributed by atoms with Crippen molar-refractivity contribution in [2.75, 3.05) is 13.1 Å². The molecule has 0 atom stereocenters. The van der Waals surface area contributed by atoms with E-state index in [2.05, 4.69) is 11.9 Å². The van der Waals surface area contributed by atoms with Crippen LogP contribution in [0.25, 0.3) is 10.6 Å². The first-order valence-corrected chi connectivity index (χ1v) is 8.98. The van der Waals surface area contributed by atoms with Gasteiger partial charge in [0.25, 0.3) is 0 Å². The van der Waals surface area contributed by atoms with Gasteiger partial charge in [-0.1, -0.05) is 19.1 Å². The molecular formula is C18H21FN2OS. The molecule has 1 amide bonds. The van der Waals surface area contributed by atoms with E-state index in [-0.39, 0.29) is 11.7 Å². The van der Waals surface area contributed by atoms with Crippen LogP contribution in [0.1, 0.15) is 31.9 Å². The first-order chi connectivity index (χ1) is 11.1. The quantitative estimate of drug-likeness (QED) is 0.843. The summed E-state index contributed by atoms with van der Waals surface area (Å²) in [6.07, 6.45) is 3.30. The van der Waals surface area contributed by atoms with Crippen LogP contribution in [0.5, 0.6) is 0 Å². The van der Waals surface area contributed by atoms with E-state index in [4.69, 9.17) is 0 Å². The molecule has 1 saturated heterocycles. The maximum Gasteiger partial charge on any atom is 0.222 e. The lowest BCUT2D eigenvalue weighted by atomic mass is 9.99. The fourth-order valence-electron chi connectivity index (χ4n) is 2.83. The molecular weight excluding hydrogens is 311 g/mol. The Morgan fingerprint density at radius 1 is 1.35 bits per heavy atom. The zero-order chi connectivity index (χ0) is 16.2. The Kier molecular flexibility index (Phi) is 5.06. The smallest absolute Gasteiger partial charge is 0.222 e. The van der Waals surface area contributed by atoms with Crippen molar-refractivity contribution in [1.29, 1.82) is 0 Å². The molecule has 2 aromatic rings. The molecule has 3 nitrogen and oxygen atoms in total. The highest BCUT2D eigenvalue weighted by molar-refractivity contribution is 7.13. The predicted octanol–water partition coefficient (Wildman–Crippen LogP) is 4.14. The summed E-state index contributed by atoms with van der Waals surface area (Å²) in [5, 5.41) is 2.60. The third kappa shape index (κ3) is 3.96. The van der Waals surface area contributed by atoms with E-state index in [1.165, 1.54) is 17.4 Å². The van der Waals surface area contributed by atoms with Gasteiger partial charge in [-0.2, -0.15) is 0 Å². The van der Waals surface area contributed by atoms with Gasteiger partial charge >= 0.3 is 0 Å². The van der Waals surface area contributed by atoms with Crippen molar-refractivity contribution in [2.24, 2.45) is 5.92 Å². The SMILES string of the molecule is CC1CCN(C(=O)CCc2csc(-c3ccccc3F)n2)CC1. The molecule has 1 aromatic heterocycles. The molecule has 0 bridgehead atoms. The first-order valence-electron chi connectivity index (χ1n) is 8.10. The third-order valence-electron chi connectivity index (χ3n) is 4.39. The molecule has 1 aliphatic heterocycles. The van der Waals surface area contributed by atoms with E-state index in [0.29, 0.717) is 23.4 Å². The van der Waals surface area contributed by atoms with Gasteiger partial charge in [0, 0.05) is 30.5 Å². The van der Waals surface area contributed by atoms with E-state index in [1.54, 1.807) is 18.2 Å².